The van der Waals surface area contributed by atoms with Crippen LogP contribution in [0.2, 0.25) is 0 Å². The highest BCUT2D eigenvalue weighted by Gasteiger charge is 2.29. The third-order valence-corrected chi connectivity index (χ3v) is 13.5. The molecule has 2 aliphatic rings. The lowest BCUT2D eigenvalue weighted by atomic mass is 9.83. The Hall–Kier alpha value is -7.29. The summed E-state index contributed by atoms with van der Waals surface area (Å²) < 4.78 is 2.55. The second-order valence-corrected chi connectivity index (χ2v) is 17.2. The SMILES string of the molecule is C/C1=C(\c2ccccc2)CC/C=C(/c2ccccc2)N=C(c2ccc(-n3c4ccccc4c4ccc5c(c43)C(c3cccc(-c4ccccc4)c3)CCc3ccccc3-5)cc2)CC1. The molecule has 0 radical (unpaired) electrons. The topological polar surface area (TPSA) is 17.3 Å². The summed E-state index contributed by atoms with van der Waals surface area (Å²) in [6.07, 6.45) is 8.14. The van der Waals surface area contributed by atoms with E-state index in [0.717, 1.165) is 61.2 Å². The van der Waals surface area contributed by atoms with Crippen molar-refractivity contribution in [2.75, 3.05) is 0 Å². The van der Waals surface area contributed by atoms with Crippen molar-refractivity contribution >= 4 is 38.8 Å². The van der Waals surface area contributed by atoms with Crippen LogP contribution in [0.15, 0.2) is 217 Å². The average Bonchev–Trinajstić information content (AvgIpc) is 3.59. The van der Waals surface area contributed by atoms with Crippen molar-refractivity contribution in [2.45, 2.75) is 51.4 Å². The van der Waals surface area contributed by atoms with Crippen molar-refractivity contribution in [1.29, 1.82) is 0 Å². The number of aromatic nitrogens is 1. The van der Waals surface area contributed by atoms with Crippen LogP contribution in [0.5, 0.6) is 0 Å². The Kier molecular flexibility index (Phi) is 10.3. The molecular formula is C61H50N2. The van der Waals surface area contributed by atoms with Crippen molar-refractivity contribution in [2.24, 2.45) is 4.99 Å². The van der Waals surface area contributed by atoms with Gasteiger partial charge in [0, 0.05) is 28.1 Å². The molecule has 2 nitrogen and oxygen atoms in total. The van der Waals surface area contributed by atoms with Crippen LogP contribution < -0.4 is 0 Å². The molecule has 63 heavy (non-hydrogen) atoms. The number of hydrogen-bond acceptors (Lipinski definition) is 1. The van der Waals surface area contributed by atoms with Gasteiger partial charge < -0.3 is 4.57 Å². The molecule has 0 N–H and O–H groups in total. The molecule has 1 aliphatic heterocycles. The van der Waals surface area contributed by atoms with Crippen LogP contribution in [-0.2, 0) is 6.42 Å². The number of fused-ring (bicyclic) bond motifs is 7. The number of aliphatic imine (C=N–C) groups is 1. The maximum atomic E-state index is 5.51. The molecule has 0 saturated carbocycles. The zero-order valence-electron chi connectivity index (χ0n) is 35.8. The van der Waals surface area contributed by atoms with Crippen LogP contribution in [0.1, 0.15) is 78.3 Å². The summed E-state index contributed by atoms with van der Waals surface area (Å²) in [5, 5.41) is 2.57. The number of rotatable bonds is 6. The molecule has 2 heteroatoms. The first kappa shape index (κ1) is 38.6. The molecule has 1 atom stereocenters. The van der Waals surface area contributed by atoms with Crippen LogP contribution in [0.3, 0.4) is 0 Å². The van der Waals surface area contributed by atoms with Crippen molar-refractivity contribution in [1.82, 2.24) is 4.57 Å². The number of para-hydroxylation sites is 1. The Balaban J connectivity index is 1.07. The summed E-state index contributed by atoms with van der Waals surface area (Å²) in [5.74, 6) is 0.194. The maximum absolute atomic E-state index is 5.51. The highest BCUT2D eigenvalue weighted by Crippen LogP contribution is 2.48. The second kappa shape index (κ2) is 16.9. The van der Waals surface area contributed by atoms with E-state index in [4.69, 9.17) is 4.99 Å². The van der Waals surface area contributed by atoms with Gasteiger partial charge in [-0.15, -0.1) is 0 Å². The number of allylic oxidation sites excluding steroid dienone is 3. The molecular weight excluding hydrogens is 761 g/mol. The van der Waals surface area contributed by atoms with Crippen molar-refractivity contribution in [3.8, 4) is 27.9 Å². The zero-order valence-corrected chi connectivity index (χ0v) is 35.8. The number of hydrogen-bond donors (Lipinski definition) is 0. The van der Waals surface area contributed by atoms with Gasteiger partial charge in [0.05, 0.1) is 16.7 Å². The van der Waals surface area contributed by atoms with Gasteiger partial charge in [0.25, 0.3) is 0 Å². The first-order valence-corrected chi connectivity index (χ1v) is 22.7. The number of benzene rings is 8. The van der Waals surface area contributed by atoms with E-state index < -0.39 is 0 Å². The third kappa shape index (κ3) is 7.36. The van der Waals surface area contributed by atoms with E-state index in [1.807, 2.05) is 0 Å². The summed E-state index contributed by atoms with van der Waals surface area (Å²) in [7, 11) is 0. The molecule has 9 aromatic rings. The lowest BCUT2D eigenvalue weighted by Crippen LogP contribution is -2.07. The lowest BCUT2D eigenvalue weighted by Gasteiger charge is -2.23. The van der Waals surface area contributed by atoms with Crippen molar-refractivity contribution in [3.63, 3.8) is 0 Å². The molecule has 0 spiro atoms. The fourth-order valence-electron chi connectivity index (χ4n) is 10.4. The zero-order chi connectivity index (χ0) is 42.1. The Morgan fingerprint density at radius 2 is 1.17 bits per heavy atom. The molecule has 1 aliphatic carbocycles. The minimum absolute atomic E-state index is 0.194. The largest absolute Gasteiger partial charge is 0.309 e. The molecule has 0 fully saturated rings. The minimum atomic E-state index is 0.194. The summed E-state index contributed by atoms with van der Waals surface area (Å²) in [6, 6.07) is 73.9. The van der Waals surface area contributed by atoms with Gasteiger partial charge in [0.15, 0.2) is 0 Å². The fourth-order valence-corrected chi connectivity index (χ4v) is 10.4. The number of nitrogens with zero attached hydrogens (tertiary/aromatic N) is 2. The van der Waals surface area contributed by atoms with Gasteiger partial charge in [-0.1, -0.05) is 194 Å². The smallest absolute Gasteiger partial charge is 0.0665 e. The standard InChI is InChI=1S/C61H50N2/c1-42-31-40-58(62-57(46-22-9-4-10-23-46)29-16-28-51(42)44-19-7-3-8-20-44)47-32-35-50(36-33-47)63-59-30-14-13-27-54(59)56-39-38-55-52-26-12-11-21-45(52)34-37-53(60(55)61(56)63)49-25-15-24-48(41-49)43-17-5-2-6-18-43/h2-15,17-27,29-30,32-33,35-36,38-39,41,53H,16,28,31,34,37,40H2,1H3/b51-42+,57-29-,62-58?. The van der Waals surface area contributed by atoms with Gasteiger partial charge >= 0.3 is 0 Å². The van der Waals surface area contributed by atoms with Crippen LogP contribution in [-0.4, -0.2) is 10.3 Å². The highest BCUT2D eigenvalue weighted by molar-refractivity contribution is 6.12. The molecule has 0 bridgehead atoms. The predicted molar refractivity (Wildman–Crippen MR) is 267 cm³/mol. The van der Waals surface area contributed by atoms with Crippen LogP contribution >= 0.6 is 0 Å². The molecule has 1 aromatic heterocycles. The lowest BCUT2D eigenvalue weighted by molar-refractivity contribution is 0.728. The van der Waals surface area contributed by atoms with Crippen molar-refractivity contribution in [3.05, 3.63) is 245 Å². The Labute approximate surface area is 371 Å². The first-order valence-electron chi connectivity index (χ1n) is 22.7. The van der Waals surface area contributed by atoms with E-state index in [2.05, 4.69) is 218 Å². The summed E-state index contributed by atoms with van der Waals surface area (Å²) in [4.78, 5) is 5.51. The fraction of sp³-hybridized carbons (Fsp3) is 0.131. The molecule has 1 unspecified atom stereocenters. The third-order valence-electron chi connectivity index (χ3n) is 13.5. The second-order valence-electron chi connectivity index (χ2n) is 17.2. The summed E-state index contributed by atoms with van der Waals surface area (Å²) in [5.41, 5.74) is 21.8. The van der Waals surface area contributed by atoms with E-state index in [0.29, 0.717) is 0 Å². The highest BCUT2D eigenvalue weighted by atomic mass is 15.0. The van der Waals surface area contributed by atoms with E-state index in [1.54, 1.807) is 0 Å². The molecule has 0 saturated heterocycles. The quantitative estimate of drug-likeness (QED) is 0.159. The normalized spacial score (nSPS) is 17.6. The molecule has 304 valence electrons. The van der Waals surface area contributed by atoms with Crippen LogP contribution in [0, 0.1) is 0 Å². The van der Waals surface area contributed by atoms with Crippen molar-refractivity contribution < 1.29 is 0 Å². The van der Waals surface area contributed by atoms with Crippen LogP contribution in [0.25, 0.3) is 61.0 Å². The van der Waals surface area contributed by atoms with Gasteiger partial charge in [0.2, 0.25) is 0 Å². The summed E-state index contributed by atoms with van der Waals surface area (Å²) in [6.45, 7) is 2.32. The van der Waals surface area contributed by atoms with E-state index in [-0.39, 0.29) is 5.92 Å². The van der Waals surface area contributed by atoms with E-state index >= 15 is 0 Å². The first-order chi connectivity index (χ1) is 31.2. The van der Waals surface area contributed by atoms with Gasteiger partial charge in [-0.2, -0.15) is 0 Å². The van der Waals surface area contributed by atoms with Gasteiger partial charge in [0.1, 0.15) is 0 Å². The van der Waals surface area contributed by atoms with Gasteiger partial charge in [-0.3, -0.25) is 4.99 Å². The maximum Gasteiger partial charge on any atom is 0.0665 e. The van der Waals surface area contributed by atoms with Crippen LogP contribution in [0.4, 0.5) is 0 Å². The predicted octanol–water partition coefficient (Wildman–Crippen LogP) is 16.1. The average molecular weight is 811 g/mol. The summed E-state index contributed by atoms with van der Waals surface area (Å²) >= 11 is 0. The van der Waals surface area contributed by atoms with Gasteiger partial charge in [-0.05, 0) is 125 Å². The van der Waals surface area contributed by atoms with E-state index in [9.17, 15) is 0 Å². The Bertz CT molecular complexity index is 3200. The number of aryl methyl sites for hydroxylation is 1. The molecule has 11 rings (SSSR count). The monoisotopic (exact) mass is 810 g/mol. The Morgan fingerprint density at radius 3 is 1.97 bits per heavy atom. The molecule has 8 aromatic carbocycles. The van der Waals surface area contributed by atoms with E-state index in [1.165, 1.54) is 83.0 Å². The van der Waals surface area contributed by atoms with Gasteiger partial charge in [-0.25, -0.2) is 0 Å². The molecule has 0 amide bonds. The minimum Gasteiger partial charge on any atom is -0.309 e. The Morgan fingerprint density at radius 1 is 0.492 bits per heavy atom. The molecule has 2 heterocycles.